The topological polar surface area (TPSA) is 89.9 Å². The van der Waals surface area contributed by atoms with Gasteiger partial charge in [-0.2, -0.15) is 4.98 Å². The highest BCUT2D eigenvalue weighted by atomic mass is 16.5. The van der Waals surface area contributed by atoms with Gasteiger partial charge in [-0.05, 0) is 25.8 Å². The molecule has 0 aromatic carbocycles. The normalized spacial score (nSPS) is 14.7. The van der Waals surface area contributed by atoms with Crippen LogP contribution in [0.25, 0.3) is 11.5 Å². The minimum Gasteiger partial charge on any atom is -0.396 e. The van der Waals surface area contributed by atoms with E-state index in [1.807, 2.05) is 6.07 Å². The Morgan fingerprint density at radius 2 is 1.92 bits per heavy atom. The van der Waals surface area contributed by atoms with E-state index in [0.717, 1.165) is 11.4 Å². The van der Waals surface area contributed by atoms with Crippen LogP contribution in [0.3, 0.4) is 0 Å². The molecule has 6 nitrogen and oxygen atoms in total. The standard InChI is InChI=1S/C14H19N5O.C5H12/c1-9-17-14(20-19-9)10-7-12(15)13(16-8-10)18-11-5-3-2-4-6-11;1-3-5-4-2/h7-8,11H,2-6,15H2,1H3,(H,16,18);3-5H2,1-2H3. The molecule has 1 aliphatic carbocycles. The van der Waals surface area contributed by atoms with Crippen LogP contribution in [-0.2, 0) is 0 Å². The van der Waals surface area contributed by atoms with Gasteiger partial charge in [0.1, 0.15) is 5.82 Å². The van der Waals surface area contributed by atoms with E-state index in [-0.39, 0.29) is 0 Å². The van der Waals surface area contributed by atoms with Gasteiger partial charge in [-0.25, -0.2) is 4.98 Å². The van der Waals surface area contributed by atoms with E-state index < -0.39 is 0 Å². The number of nitrogens with zero attached hydrogens (tertiary/aromatic N) is 3. The number of unbranched alkanes of at least 4 members (excludes halogenated alkanes) is 2. The molecule has 0 amide bonds. The number of rotatable bonds is 5. The summed E-state index contributed by atoms with van der Waals surface area (Å²) in [6.07, 6.45) is 12.0. The minimum atomic E-state index is 0.450. The van der Waals surface area contributed by atoms with Gasteiger partial charge in [-0.3, -0.25) is 0 Å². The van der Waals surface area contributed by atoms with Gasteiger partial charge >= 0.3 is 0 Å². The molecule has 2 aromatic rings. The number of aromatic nitrogens is 3. The highest BCUT2D eigenvalue weighted by Crippen LogP contribution is 2.26. The van der Waals surface area contributed by atoms with E-state index in [4.69, 9.17) is 10.3 Å². The summed E-state index contributed by atoms with van der Waals surface area (Å²) in [5.74, 6) is 1.80. The van der Waals surface area contributed by atoms with Gasteiger partial charge in [-0.1, -0.05) is 57.5 Å². The molecule has 1 fully saturated rings. The molecule has 3 N–H and O–H groups in total. The SMILES string of the molecule is CCCCC.Cc1noc(-c2cnc(NC3CCCCC3)c(N)c2)n1. The van der Waals surface area contributed by atoms with E-state index in [1.54, 1.807) is 13.1 Å². The summed E-state index contributed by atoms with van der Waals surface area (Å²) in [4.78, 5) is 8.57. The molecule has 0 saturated heterocycles. The maximum atomic E-state index is 6.07. The van der Waals surface area contributed by atoms with Crippen LogP contribution in [0.1, 0.15) is 71.0 Å². The fourth-order valence-electron chi connectivity index (χ4n) is 2.93. The first-order chi connectivity index (χ1) is 12.1. The summed E-state index contributed by atoms with van der Waals surface area (Å²) < 4.78 is 5.12. The van der Waals surface area contributed by atoms with E-state index in [2.05, 4.69) is 34.3 Å². The molecule has 0 spiro atoms. The lowest BCUT2D eigenvalue weighted by molar-refractivity contribution is 0.425. The largest absolute Gasteiger partial charge is 0.396 e. The van der Waals surface area contributed by atoms with Gasteiger partial charge < -0.3 is 15.6 Å². The van der Waals surface area contributed by atoms with Crippen molar-refractivity contribution in [1.82, 2.24) is 15.1 Å². The van der Waals surface area contributed by atoms with Crippen LogP contribution in [0.2, 0.25) is 0 Å². The summed E-state index contributed by atoms with van der Waals surface area (Å²) in [6, 6.07) is 2.31. The predicted octanol–water partition coefficient (Wildman–Crippen LogP) is 4.96. The third kappa shape index (κ3) is 6.03. The van der Waals surface area contributed by atoms with Gasteiger partial charge in [0.05, 0.1) is 11.3 Å². The third-order valence-electron chi connectivity index (χ3n) is 4.34. The fraction of sp³-hybridized carbons (Fsp3) is 0.632. The number of pyridine rings is 1. The lowest BCUT2D eigenvalue weighted by Crippen LogP contribution is -2.23. The minimum absolute atomic E-state index is 0.450. The van der Waals surface area contributed by atoms with Crippen molar-refractivity contribution in [1.29, 1.82) is 0 Å². The Balaban J connectivity index is 0.000000399. The zero-order chi connectivity index (χ0) is 18.1. The predicted molar refractivity (Wildman–Crippen MR) is 102 cm³/mol. The molecule has 0 bridgehead atoms. The maximum Gasteiger partial charge on any atom is 0.259 e. The molecular formula is C19H31N5O. The number of aryl methyl sites for hydroxylation is 1. The highest BCUT2D eigenvalue weighted by molar-refractivity contribution is 5.68. The Bertz CT molecular complexity index is 632. The van der Waals surface area contributed by atoms with Gasteiger partial charge in [0.15, 0.2) is 5.82 Å². The van der Waals surface area contributed by atoms with Crippen molar-refractivity contribution in [3.63, 3.8) is 0 Å². The highest BCUT2D eigenvalue weighted by Gasteiger charge is 2.16. The molecule has 25 heavy (non-hydrogen) atoms. The van der Waals surface area contributed by atoms with Crippen molar-refractivity contribution in [2.24, 2.45) is 0 Å². The molecule has 6 heteroatoms. The van der Waals surface area contributed by atoms with E-state index in [0.29, 0.717) is 23.4 Å². The maximum absolute atomic E-state index is 6.07. The second kappa shape index (κ2) is 10.0. The van der Waals surface area contributed by atoms with Crippen molar-refractivity contribution >= 4 is 11.5 Å². The fourth-order valence-corrected chi connectivity index (χ4v) is 2.93. The molecule has 0 radical (unpaired) electrons. The van der Waals surface area contributed by atoms with Crippen LogP contribution in [0, 0.1) is 6.92 Å². The molecule has 1 saturated carbocycles. The quantitative estimate of drug-likeness (QED) is 0.795. The summed E-state index contributed by atoms with van der Waals surface area (Å²) in [7, 11) is 0. The van der Waals surface area contributed by atoms with Crippen LogP contribution < -0.4 is 11.1 Å². The van der Waals surface area contributed by atoms with Gasteiger partial charge in [0.2, 0.25) is 0 Å². The summed E-state index contributed by atoms with van der Waals surface area (Å²) in [6.45, 7) is 6.20. The average Bonchev–Trinajstić information content (AvgIpc) is 3.05. The van der Waals surface area contributed by atoms with E-state index in [1.165, 1.54) is 51.4 Å². The van der Waals surface area contributed by atoms with Crippen molar-refractivity contribution < 1.29 is 4.52 Å². The summed E-state index contributed by atoms with van der Waals surface area (Å²) in [5.41, 5.74) is 7.43. The first-order valence-corrected chi connectivity index (χ1v) is 9.46. The molecule has 0 unspecified atom stereocenters. The van der Waals surface area contributed by atoms with Crippen LogP contribution in [0.4, 0.5) is 11.5 Å². The third-order valence-corrected chi connectivity index (χ3v) is 4.34. The lowest BCUT2D eigenvalue weighted by Gasteiger charge is -2.23. The molecule has 0 atom stereocenters. The Hall–Kier alpha value is -2.11. The number of anilines is 2. The zero-order valence-corrected chi connectivity index (χ0v) is 15.7. The monoisotopic (exact) mass is 345 g/mol. The number of hydrogen-bond donors (Lipinski definition) is 2. The average molecular weight is 345 g/mol. The molecule has 2 aromatic heterocycles. The zero-order valence-electron chi connectivity index (χ0n) is 15.7. The number of nitrogens with one attached hydrogen (secondary N) is 1. The second-order valence-electron chi connectivity index (χ2n) is 6.64. The van der Waals surface area contributed by atoms with E-state index in [9.17, 15) is 0 Å². The Kier molecular flexibility index (Phi) is 7.70. The second-order valence-corrected chi connectivity index (χ2v) is 6.64. The smallest absolute Gasteiger partial charge is 0.259 e. The van der Waals surface area contributed by atoms with Crippen LogP contribution in [-0.4, -0.2) is 21.2 Å². The van der Waals surface area contributed by atoms with Crippen LogP contribution >= 0.6 is 0 Å². The first-order valence-electron chi connectivity index (χ1n) is 9.46. The van der Waals surface area contributed by atoms with Crippen molar-refractivity contribution in [2.75, 3.05) is 11.1 Å². The molecule has 2 heterocycles. The number of hydrogen-bond acceptors (Lipinski definition) is 6. The molecule has 1 aliphatic rings. The Morgan fingerprint density at radius 3 is 2.44 bits per heavy atom. The number of nitrogen functional groups attached to an aromatic ring is 1. The number of nitrogens with two attached hydrogens (primary N) is 1. The molecular weight excluding hydrogens is 314 g/mol. The van der Waals surface area contributed by atoms with Gasteiger partial charge in [-0.15, -0.1) is 0 Å². The lowest BCUT2D eigenvalue weighted by atomic mass is 9.95. The van der Waals surface area contributed by atoms with Crippen LogP contribution in [0.5, 0.6) is 0 Å². The van der Waals surface area contributed by atoms with Gasteiger partial charge in [0.25, 0.3) is 5.89 Å². The molecule has 138 valence electrons. The Labute approximate surface area is 150 Å². The summed E-state index contributed by atoms with van der Waals surface area (Å²) >= 11 is 0. The van der Waals surface area contributed by atoms with E-state index >= 15 is 0 Å². The molecule has 3 rings (SSSR count). The molecule has 0 aliphatic heterocycles. The summed E-state index contributed by atoms with van der Waals surface area (Å²) in [5, 5.41) is 7.20. The van der Waals surface area contributed by atoms with Crippen LogP contribution in [0.15, 0.2) is 16.8 Å². The Morgan fingerprint density at radius 1 is 1.20 bits per heavy atom. The first kappa shape index (κ1) is 19.2. The van der Waals surface area contributed by atoms with Crippen molar-refractivity contribution in [2.45, 2.75) is 78.2 Å². The van der Waals surface area contributed by atoms with Crippen molar-refractivity contribution in [3.8, 4) is 11.5 Å². The van der Waals surface area contributed by atoms with Gasteiger partial charge in [0, 0.05) is 12.2 Å². The van der Waals surface area contributed by atoms with Crippen molar-refractivity contribution in [3.05, 3.63) is 18.1 Å².